The van der Waals surface area contributed by atoms with Crippen LogP contribution >= 0.6 is 24.0 Å². The maximum absolute atomic E-state index is 12.6. The van der Waals surface area contributed by atoms with Gasteiger partial charge in [0, 0.05) is 51.6 Å². The van der Waals surface area contributed by atoms with E-state index in [0.717, 1.165) is 50.6 Å². The number of pyridine rings is 1. The molecular weight excluding hydrogens is 509 g/mol. The topological polar surface area (TPSA) is 79.3 Å². The van der Waals surface area contributed by atoms with Gasteiger partial charge in [-0.25, -0.2) is 9.98 Å². The fraction of sp³-hybridized carbons (Fsp3) is 0.682. The minimum Gasteiger partial charge on any atom is -0.477 e. The van der Waals surface area contributed by atoms with Crippen molar-refractivity contribution in [3.05, 3.63) is 23.9 Å². The molecule has 31 heavy (non-hydrogen) atoms. The molecule has 2 saturated heterocycles. The van der Waals surface area contributed by atoms with E-state index in [1.54, 1.807) is 6.20 Å². The molecule has 1 saturated carbocycles. The van der Waals surface area contributed by atoms with Crippen LogP contribution in [0.25, 0.3) is 0 Å². The van der Waals surface area contributed by atoms with Crippen LogP contribution in [0, 0.1) is 5.92 Å². The lowest BCUT2D eigenvalue weighted by Crippen LogP contribution is -2.55. The van der Waals surface area contributed by atoms with Gasteiger partial charge in [-0.3, -0.25) is 4.79 Å². The summed E-state index contributed by atoms with van der Waals surface area (Å²) in [7, 11) is 0. The molecule has 4 rings (SSSR count). The van der Waals surface area contributed by atoms with Crippen molar-refractivity contribution in [3.63, 3.8) is 0 Å². The number of hydrogen-bond donors (Lipinski definition) is 1. The Morgan fingerprint density at radius 1 is 1.26 bits per heavy atom. The average Bonchev–Trinajstić information content (AvgIpc) is 3.46. The molecule has 0 spiro atoms. The first-order valence-corrected chi connectivity index (χ1v) is 11.2. The Morgan fingerprint density at radius 2 is 2.03 bits per heavy atom. The van der Waals surface area contributed by atoms with E-state index in [9.17, 15) is 4.79 Å². The van der Waals surface area contributed by atoms with Gasteiger partial charge >= 0.3 is 0 Å². The smallest absolute Gasteiger partial charge is 0.251 e. The summed E-state index contributed by atoms with van der Waals surface area (Å²) in [6.07, 6.45) is 5.92. The molecule has 1 N–H and O–H groups in total. The van der Waals surface area contributed by atoms with Crippen LogP contribution in [0.1, 0.15) is 38.2 Å². The maximum atomic E-state index is 12.6. The number of aromatic nitrogens is 1. The van der Waals surface area contributed by atoms with Crippen LogP contribution < -0.4 is 10.1 Å². The second-order valence-electron chi connectivity index (χ2n) is 8.24. The van der Waals surface area contributed by atoms with Crippen molar-refractivity contribution in [2.75, 3.05) is 45.9 Å². The Balaban J connectivity index is 0.00000272. The highest BCUT2D eigenvalue weighted by atomic mass is 127. The molecular formula is C22H34IN5O3. The van der Waals surface area contributed by atoms with Crippen LogP contribution in [0.2, 0.25) is 0 Å². The molecule has 3 heterocycles. The molecule has 0 bridgehead atoms. The van der Waals surface area contributed by atoms with Crippen molar-refractivity contribution in [3.8, 4) is 5.88 Å². The van der Waals surface area contributed by atoms with Crippen LogP contribution in [0.4, 0.5) is 0 Å². The minimum absolute atomic E-state index is 0. The number of aliphatic imine (C=N–C) groups is 1. The van der Waals surface area contributed by atoms with Crippen LogP contribution in [0.15, 0.2) is 23.3 Å². The first-order valence-electron chi connectivity index (χ1n) is 11.2. The predicted octanol–water partition coefficient (Wildman–Crippen LogP) is 2.28. The zero-order valence-electron chi connectivity index (χ0n) is 18.3. The third-order valence-corrected chi connectivity index (χ3v) is 5.81. The van der Waals surface area contributed by atoms with Gasteiger partial charge in [-0.05, 0) is 50.2 Å². The summed E-state index contributed by atoms with van der Waals surface area (Å²) in [5.41, 5.74) is 1.08. The van der Waals surface area contributed by atoms with Crippen molar-refractivity contribution >= 4 is 35.8 Å². The van der Waals surface area contributed by atoms with Crippen LogP contribution in [0.5, 0.6) is 5.88 Å². The lowest BCUT2D eigenvalue weighted by molar-refractivity contribution is -0.142. The van der Waals surface area contributed by atoms with Crippen LogP contribution in [-0.4, -0.2) is 78.7 Å². The molecule has 1 aromatic rings. The van der Waals surface area contributed by atoms with E-state index in [0.29, 0.717) is 38.0 Å². The molecule has 1 amide bonds. The Morgan fingerprint density at radius 3 is 2.71 bits per heavy atom. The Labute approximate surface area is 201 Å². The molecule has 1 aliphatic carbocycles. The zero-order valence-corrected chi connectivity index (χ0v) is 20.6. The Kier molecular flexibility index (Phi) is 9.18. The number of nitrogens with one attached hydrogen (secondary N) is 1. The molecule has 0 aromatic carbocycles. The van der Waals surface area contributed by atoms with E-state index in [-0.39, 0.29) is 36.0 Å². The number of ether oxygens (including phenoxy) is 2. The summed E-state index contributed by atoms with van der Waals surface area (Å²) >= 11 is 0. The monoisotopic (exact) mass is 543 g/mol. The first kappa shape index (κ1) is 24.0. The molecule has 1 aromatic heterocycles. The summed E-state index contributed by atoms with van der Waals surface area (Å²) in [5.74, 6) is 2.42. The van der Waals surface area contributed by atoms with Gasteiger partial charge in [0.25, 0.3) is 5.91 Å². The molecule has 9 heteroatoms. The number of carbonyl (C=O) groups excluding carboxylic acids is 1. The van der Waals surface area contributed by atoms with E-state index < -0.39 is 0 Å². The second kappa shape index (κ2) is 11.8. The average molecular weight is 543 g/mol. The molecule has 1 unspecified atom stereocenters. The van der Waals surface area contributed by atoms with Gasteiger partial charge in [0.1, 0.15) is 6.10 Å². The van der Waals surface area contributed by atoms with Gasteiger partial charge in [-0.2, -0.15) is 0 Å². The number of guanidine groups is 1. The lowest BCUT2D eigenvalue weighted by Gasteiger charge is -2.37. The van der Waals surface area contributed by atoms with Crippen molar-refractivity contribution < 1.29 is 14.3 Å². The quantitative estimate of drug-likeness (QED) is 0.323. The molecule has 3 aliphatic rings. The molecule has 0 radical (unpaired) electrons. The highest BCUT2D eigenvalue weighted by Crippen LogP contribution is 2.29. The molecule has 172 valence electrons. The largest absolute Gasteiger partial charge is 0.477 e. The van der Waals surface area contributed by atoms with Gasteiger partial charge < -0.3 is 24.6 Å². The fourth-order valence-corrected chi connectivity index (χ4v) is 3.82. The van der Waals surface area contributed by atoms with E-state index >= 15 is 0 Å². The normalized spacial score (nSPS) is 21.6. The van der Waals surface area contributed by atoms with Crippen LogP contribution in [-0.2, 0) is 16.1 Å². The molecule has 8 nitrogen and oxygen atoms in total. The van der Waals surface area contributed by atoms with E-state index in [1.165, 1.54) is 12.8 Å². The second-order valence-corrected chi connectivity index (χ2v) is 8.24. The Hall–Kier alpha value is -1.62. The third-order valence-electron chi connectivity index (χ3n) is 5.81. The number of rotatable bonds is 7. The third kappa shape index (κ3) is 6.93. The van der Waals surface area contributed by atoms with Gasteiger partial charge in [-0.1, -0.05) is 0 Å². The highest BCUT2D eigenvalue weighted by molar-refractivity contribution is 14.0. The van der Waals surface area contributed by atoms with Gasteiger partial charge in [-0.15, -0.1) is 24.0 Å². The molecule has 2 aliphatic heterocycles. The van der Waals surface area contributed by atoms with Gasteiger partial charge in [0.2, 0.25) is 5.88 Å². The van der Waals surface area contributed by atoms with Gasteiger partial charge in [0.05, 0.1) is 13.2 Å². The van der Waals surface area contributed by atoms with Crippen molar-refractivity contribution in [1.29, 1.82) is 0 Å². The molecule has 3 fully saturated rings. The van der Waals surface area contributed by atoms with Crippen molar-refractivity contribution in [2.45, 2.75) is 45.3 Å². The van der Waals surface area contributed by atoms with Crippen molar-refractivity contribution in [2.24, 2.45) is 10.9 Å². The SMILES string of the molecule is CCNC(=NCc1ccnc(OCC2CC2)c1)N1CCN(C(=O)C2CCCO2)CC1.I. The van der Waals surface area contributed by atoms with Gasteiger partial charge in [0.15, 0.2) is 5.96 Å². The number of carbonyl (C=O) groups is 1. The summed E-state index contributed by atoms with van der Waals surface area (Å²) < 4.78 is 11.3. The van der Waals surface area contributed by atoms with E-state index in [2.05, 4.69) is 22.1 Å². The fourth-order valence-electron chi connectivity index (χ4n) is 3.82. The summed E-state index contributed by atoms with van der Waals surface area (Å²) in [6, 6.07) is 3.96. The maximum Gasteiger partial charge on any atom is 0.251 e. The van der Waals surface area contributed by atoms with E-state index in [4.69, 9.17) is 14.5 Å². The molecule has 1 atom stereocenters. The van der Waals surface area contributed by atoms with Crippen molar-refractivity contribution in [1.82, 2.24) is 20.1 Å². The summed E-state index contributed by atoms with van der Waals surface area (Å²) in [4.78, 5) is 25.9. The summed E-state index contributed by atoms with van der Waals surface area (Å²) in [5, 5.41) is 3.39. The number of piperazine rings is 1. The first-order chi connectivity index (χ1) is 14.7. The Bertz CT molecular complexity index is 744. The minimum atomic E-state index is -0.235. The lowest BCUT2D eigenvalue weighted by atomic mass is 10.2. The number of amides is 1. The highest BCUT2D eigenvalue weighted by Gasteiger charge is 2.30. The number of hydrogen-bond acceptors (Lipinski definition) is 5. The van der Waals surface area contributed by atoms with Crippen LogP contribution in [0.3, 0.4) is 0 Å². The number of halogens is 1. The number of nitrogens with zero attached hydrogens (tertiary/aromatic N) is 4. The predicted molar refractivity (Wildman–Crippen MR) is 130 cm³/mol. The zero-order chi connectivity index (χ0) is 20.8. The summed E-state index contributed by atoms with van der Waals surface area (Å²) in [6.45, 7) is 7.87. The van der Waals surface area contributed by atoms with E-state index in [1.807, 2.05) is 17.0 Å². The standard InChI is InChI=1S/C22H33N5O3.HI/c1-2-23-22(25-15-18-7-8-24-20(14-18)30-16-17-5-6-17)27-11-9-26(10-12-27)21(28)19-4-3-13-29-19;/h7-8,14,17,19H,2-6,9-13,15-16H2,1H3,(H,23,25);1H.